The van der Waals surface area contributed by atoms with Crippen LogP contribution in [0.1, 0.15) is 6.92 Å². The summed E-state index contributed by atoms with van der Waals surface area (Å²) in [5.74, 6) is -0.233. The van der Waals surface area contributed by atoms with Gasteiger partial charge in [0.05, 0.1) is 10.7 Å². The Morgan fingerprint density at radius 3 is 2.80 bits per heavy atom. The minimum absolute atomic E-state index is 0.0535. The van der Waals surface area contributed by atoms with E-state index >= 15 is 0 Å². The second-order valence-corrected chi connectivity index (χ2v) is 3.44. The SMILES string of the molecule is COC(C)C(=O)Nc1ccc(O)cc1Cl. The highest BCUT2D eigenvalue weighted by Gasteiger charge is 2.13. The van der Waals surface area contributed by atoms with Gasteiger partial charge >= 0.3 is 0 Å². The number of carbonyl (C=O) groups is 1. The summed E-state index contributed by atoms with van der Waals surface area (Å²) in [6, 6.07) is 4.32. The van der Waals surface area contributed by atoms with Gasteiger partial charge in [0.25, 0.3) is 5.91 Å². The molecule has 0 fully saturated rings. The molecule has 5 heteroatoms. The molecule has 0 bridgehead atoms. The fourth-order valence-corrected chi connectivity index (χ4v) is 1.17. The van der Waals surface area contributed by atoms with Crippen LogP contribution in [-0.4, -0.2) is 24.2 Å². The predicted molar refractivity (Wildman–Crippen MR) is 58.2 cm³/mol. The molecule has 4 nitrogen and oxygen atoms in total. The summed E-state index contributed by atoms with van der Waals surface area (Å²) in [5.41, 5.74) is 0.448. The van der Waals surface area contributed by atoms with Crippen molar-refractivity contribution in [3.63, 3.8) is 0 Å². The predicted octanol–water partition coefficient (Wildman–Crippen LogP) is 2.02. The van der Waals surface area contributed by atoms with E-state index < -0.39 is 6.10 Å². The van der Waals surface area contributed by atoms with Crippen LogP contribution in [0.4, 0.5) is 5.69 Å². The molecule has 0 saturated carbocycles. The van der Waals surface area contributed by atoms with Crippen molar-refractivity contribution in [3.8, 4) is 5.75 Å². The van der Waals surface area contributed by atoms with Gasteiger partial charge in [0.15, 0.2) is 0 Å². The van der Waals surface area contributed by atoms with Crippen LogP contribution in [0.2, 0.25) is 5.02 Å². The van der Waals surface area contributed by atoms with E-state index in [-0.39, 0.29) is 16.7 Å². The number of anilines is 1. The lowest BCUT2D eigenvalue weighted by molar-refractivity contribution is -0.124. The van der Waals surface area contributed by atoms with E-state index in [0.29, 0.717) is 5.69 Å². The van der Waals surface area contributed by atoms with Crippen molar-refractivity contribution in [2.75, 3.05) is 12.4 Å². The molecule has 1 unspecified atom stereocenters. The van der Waals surface area contributed by atoms with Crippen molar-refractivity contribution >= 4 is 23.2 Å². The third-order valence-corrected chi connectivity index (χ3v) is 2.25. The van der Waals surface area contributed by atoms with Crippen molar-refractivity contribution in [2.45, 2.75) is 13.0 Å². The Kier molecular flexibility index (Phi) is 3.94. The van der Waals surface area contributed by atoms with Crippen molar-refractivity contribution in [2.24, 2.45) is 0 Å². The van der Waals surface area contributed by atoms with E-state index in [0.717, 1.165) is 0 Å². The van der Waals surface area contributed by atoms with Crippen molar-refractivity contribution < 1.29 is 14.6 Å². The summed E-state index contributed by atoms with van der Waals surface area (Å²) in [7, 11) is 1.45. The van der Waals surface area contributed by atoms with Crippen LogP contribution in [-0.2, 0) is 9.53 Å². The number of hydrogen-bond donors (Lipinski definition) is 2. The Morgan fingerprint density at radius 2 is 2.27 bits per heavy atom. The maximum atomic E-state index is 11.4. The normalized spacial score (nSPS) is 12.2. The zero-order valence-corrected chi connectivity index (χ0v) is 9.21. The number of hydrogen-bond acceptors (Lipinski definition) is 3. The number of halogens is 1. The average Bonchev–Trinajstić information content (AvgIpc) is 2.20. The fraction of sp³-hybridized carbons (Fsp3) is 0.300. The van der Waals surface area contributed by atoms with E-state index in [1.165, 1.54) is 25.3 Å². The monoisotopic (exact) mass is 229 g/mol. The van der Waals surface area contributed by atoms with Gasteiger partial charge in [-0.1, -0.05) is 11.6 Å². The Bertz CT molecular complexity index is 368. The number of rotatable bonds is 3. The van der Waals surface area contributed by atoms with Crippen molar-refractivity contribution in [3.05, 3.63) is 23.2 Å². The fourth-order valence-electron chi connectivity index (χ4n) is 0.947. The van der Waals surface area contributed by atoms with E-state index in [9.17, 15) is 4.79 Å². The molecule has 1 amide bonds. The molecule has 0 aliphatic carbocycles. The first-order valence-electron chi connectivity index (χ1n) is 4.36. The largest absolute Gasteiger partial charge is 0.508 e. The highest BCUT2D eigenvalue weighted by molar-refractivity contribution is 6.33. The Morgan fingerprint density at radius 1 is 1.60 bits per heavy atom. The molecule has 0 spiro atoms. The van der Waals surface area contributed by atoms with Gasteiger partial charge in [-0.2, -0.15) is 0 Å². The van der Waals surface area contributed by atoms with Gasteiger partial charge in [-0.3, -0.25) is 4.79 Å². The lowest BCUT2D eigenvalue weighted by Gasteiger charge is -2.11. The van der Waals surface area contributed by atoms with E-state index in [1.807, 2.05) is 0 Å². The van der Waals surface area contributed by atoms with Gasteiger partial charge in [-0.05, 0) is 19.1 Å². The summed E-state index contributed by atoms with van der Waals surface area (Å²) in [6.45, 7) is 1.63. The molecule has 1 aromatic carbocycles. The molecular weight excluding hydrogens is 218 g/mol. The van der Waals surface area contributed by atoms with Crippen LogP contribution in [0.25, 0.3) is 0 Å². The van der Waals surface area contributed by atoms with Crippen LogP contribution < -0.4 is 5.32 Å². The second kappa shape index (κ2) is 5.00. The number of benzene rings is 1. The summed E-state index contributed by atoms with van der Waals surface area (Å²) in [5, 5.41) is 12.0. The molecule has 15 heavy (non-hydrogen) atoms. The average molecular weight is 230 g/mol. The van der Waals surface area contributed by atoms with Gasteiger partial charge in [0, 0.05) is 13.2 Å². The number of methoxy groups -OCH3 is 1. The highest BCUT2D eigenvalue weighted by Crippen LogP contribution is 2.25. The minimum Gasteiger partial charge on any atom is -0.508 e. The summed E-state index contributed by atoms with van der Waals surface area (Å²) >= 11 is 5.81. The zero-order valence-electron chi connectivity index (χ0n) is 8.45. The van der Waals surface area contributed by atoms with Gasteiger partial charge in [0.1, 0.15) is 11.9 Å². The maximum absolute atomic E-state index is 11.4. The van der Waals surface area contributed by atoms with Crippen molar-refractivity contribution in [1.29, 1.82) is 0 Å². The third kappa shape index (κ3) is 3.11. The Labute approximate surface area is 92.8 Å². The third-order valence-electron chi connectivity index (χ3n) is 1.93. The van der Waals surface area contributed by atoms with Crippen LogP contribution in [0.3, 0.4) is 0 Å². The molecule has 82 valence electrons. The number of carbonyl (C=O) groups excluding carboxylic acids is 1. The number of phenolic OH excluding ortho intramolecular Hbond substituents is 1. The lowest BCUT2D eigenvalue weighted by atomic mass is 10.3. The molecule has 2 N–H and O–H groups in total. The van der Waals surface area contributed by atoms with Crippen LogP contribution in [0, 0.1) is 0 Å². The topological polar surface area (TPSA) is 58.6 Å². The zero-order chi connectivity index (χ0) is 11.4. The van der Waals surface area contributed by atoms with E-state index in [4.69, 9.17) is 21.4 Å². The second-order valence-electron chi connectivity index (χ2n) is 3.03. The molecule has 1 rings (SSSR count). The van der Waals surface area contributed by atoms with Gasteiger partial charge in [0.2, 0.25) is 0 Å². The maximum Gasteiger partial charge on any atom is 0.253 e. The van der Waals surface area contributed by atoms with Gasteiger partial charge < -0.3 is 15.2 Å². The first kappa shape index (κ1) is 11.8. The van der Waals surface area contributed by atoms with Crippen LogP contribution in [0.5, 0.6) is 5.75 Å². The molecule has 0 radical (unpaired) electrons. The highest BCUT2D eigenvalue weighted by atomic mass is 35.5. The van der Waals surface area contributed by atoms with E-state index in [2.05, 4.69) is 5.32 Å². The molecular formula is C10H12ClNO3. The first-order valence-corrected chi connectivity index (χ1v) is 4.74. The number of aromatic hydroxyl groups is 1. The molecule has 0 aliphatic rings. The molecule has 1 aromatic rings. The summed E-state index contributed by atoms with van der Waals surface area (Å²) in [6.07, 6.45) is -0.546. The number of ether oxygens (including phenoxy) is 1. The number of nitrogens with one attached hydrogen (secondary N) is 1. The van der Waals surface area contributed by atoms with Crippen LogP contribution >= 0.6 is 11.6 Å². The number of phenols is 1. The molecule has 0 heterocycles. The number of amides is 1. The summed E-state index contributed by atoms with van der Waals surface area (Å²) in [4.78, 5) is 11.4. The Balaban J connectivity index is 2.77. The Hall–Kier alpha value is -1.26. The molecule has 1 atom stereocenters. The van der Waals surface area contributed by atoms with Crippen LogP contribution in [0.15, 0.2) is 18.2 Å². The molecule has 0 aromatic heterocycles. The first-order chi connectivity index (χ1) is 7.04. The van der Waals surface area contributed by atoms with Crippen molar-refractivity contribution in [1.82, 2.24) is 0 Å². The smallest absolute Gasteiger partial charge is 0.253 e. The van der Waals surface area contributed by atoms with E-state index in [1.54, 1.807) is 6.92 Å². The lowest BCUT2D eigenvalue weighted by Crippen LogP contribution is -2.26. The minimum atomic E-state index is -0.546. The quantitative estimate of drug-likeness (QED) is 0.780. The standard InChI is InChI=1S/C10H12ClNO3/c1-6(15-2)10(14)12-9-4-3-7(13)5-8(9)11/h3-6,13H,1-2H3,(H,12,14). The molecule has 0 aliphatic heterocycles. The summed E-state index contributed by atoms with van der Waals surface area (Å²) < 4.78 is 4.84. The molecule has 0 saturated heterocycles. The van der Waals surface area contributed by atoms with Gasteiger partial charge in [-0.25, -0.2) is 0 Å². The van der Waals surface area contributed by atoms with Gasteiger partial charge in [-0.15, -0.1) is 0 Å².